The SMILES string of the molecule is OCCCCCC/C=C\CC/C=C\CCCCCCOC1CCCCO1. The second-order valence-electron chi connectivity index (χ2n) is 7.32. The van der Waals surface area contributed by atoms with E-state index in [9.17, 15) is 0 Å². The number of aliphatic hydroxyl groups excluding tert-OH is 1. The Kier molecular flexibility index (Phi) is 17.2. The molecule has 1 unspecified atom stereocenters. The molecule has 1 rings (SSSR count). The van der Waals surface area contributed by atoms with Crippen molar-refractivity contribution in [1.29, 1.82) is 0 Å². The zero-order valence-corrected chi connectivity index (χ0v) is 16.9. The van der Waals surface area contributed by atoms with Crippen molar-refractivity contribution >= 4 is 0 Å². The fourth-order valence-electron chi connectivity index (χ4n) is 3.17. The van der Waals surface area contributed by atoms with Gasteiger partial charge in [-0.2, -0.15) is 0 Å². The zero-order valence-electron chi connectivity index (χ0n) is 16.9. The quantitative estimate of drug-likeness (QED) is 0.242. The molecule has 0 spiro atoms. The number of hydrogen-bond acceptors (Lipinski definition) is 3. The lowest BCUT2D eigenvalue weighted by atomic mass is 10.1. The summed E-state index contributed by atoms with van der Waals surface area (Å²) < 4.78 is 11.3. The van der Waals surface area contributed by atoms with Gasteiger partial charge in [-0.3, -0.25) is 0 Å². The predicted molar refractivity (Wildman–Crippen MR) is 110 cm³/mol. The van der Waals surface area contributed by atoms with Gasteiger partial charge in [0.1, 0.15) is 0 Å². The first-order valence-corrected chi connectivity index (χ1v) is 11.1. The molecule has 26 heavy (non-hydrogen) atoms. The van der Waals surface area contributed by atoms with Crippen molar-refractivity contribution in [1.82, 2.24) is 0 Å². The van der Waals surface area contributed by atoms with Crippen LogP contribution in [-0.4, -0.2) is 31.2 Å². The van der Waals surface area contributed by atoms with Crippen molar-refractivity contribution in [2.75, 3.05) is 19.8 Å². The first-order chi connectivity index (χ1) is 12.9. The van der Waals surface area contributed by atoms with Crippen LogP contribution < -0.4 is 0 Å². The fourth-order valence-corrected chi connectivity index (χ4v) is 3.17. The average Bonchev–Trinajstić information content (AvgIpc) is 2.68. The van der Waals surface area contributed by atoms with Crippen molar-refractivity contribution in [2.45, 2.75) is 103 Å². The Labute approximate surface area is 161 Å². The molecule has 152 valence electrons. The molecule has 1 aliphatic rings. The number of aliphatic hydroxyl groups is 1. The van der Waals surface area contributed by atoms with Crippen LogP contribution in [0.1, 0.15) is 96.3 Å². The molecule has 0 aliphatic carbocycles. The highest BCUT2D eigenvalue weighted by Crippen LogP contribution is 2.14. The van der Waals surface area contributed by atoms with E-state index in [1.165, 1.54) is 57.8 Å². The van der Waals surface area contributed by atoms with Crippen LogP contribution in [-0.2, 0) is 9.47 Å². The van der Waals surface area contributed by atoms with Crippen LogP contribution in [0.4, 0.5) is 0 Å². The molecule has 3 nitrogen and oxygen atoms in total. The first-order valence-electron chi connectivity index (χ1n) is 11.1. The second-order valence-corrected chi connectivity index (χ2v) is 7.32. The lowest BCUT2D eigenvalue weighted by Gasteiger charge is -2.22. The topological polar surface area (TPSA) is 38.7 Å². The highest BCUT2D eigenvalue weighted by Gasteiger charge is 2.13. The lowest BCUT2D eigenvalue weighted by molar-refractivity contribution is -0.162. The highest BCUT2D eigenvalue weighted by molar-refractivity contribution is 4.88. The standard InChI is InChI=1S/C23H42O3/c24-20-16-13-11-9-7-5-3-1-2-4-6-8-10-12-14-17-21-25-23-19-15-18-22-26-23/h3-6,23-24H,1-2,7-22H2/b5-3-,6-4-. The molecule has 3 heteroatoms. The van der Waals surface area contributed by atoms with Gasteiger partial charge in [-0.1, -0.05) is 50.0 Å². The third-order valence-electron chi connectivity index (χ3n) is 4.82. The number of allylic oxidation sites excluding steroid dienone is 4. The van der Waals surface area contributed by atoms with Gasteiger partial charge in [-0.15, -0.1) is 0 Å². The number of unbranched alkanes of at least 4 members (excludes halogenated alkanes) is 9. The van der Waals surface area contributed by atoms with Crippen molar-refractivity contribution in [3.63, 3.8) is 0 Å². The summed E-state index contributed by atoms with van der Waals surface area (Å²) in [5.74, 6) is 0. The molecule has 1 atom stereocenters. The molecule has 0 saturated carbocycles. The summed E-state index contributed by atoms with van der Waals surface area (Å²) in [5, 5.41) is 8.71. The van der Waals surface area contributed by atoms with Crippen LogP contribution in [0.25, 0.3) is 0 Å². The van der Waals surface area contributed by atoms with Crippen LogP contribution in [0.5, 0.6) is 0 Å². The zero-order chi connectivity index (χ0) is 18.5. The van der Waals surface area contributed by atoms with E-state index in [1.54, 1.807) is 0 Å². The van der Waals surface area contributed by atoms with E-state index in [2.05, 4.69) is 24.3 Å². The van der Waals surface area contributed by atoms with Crippen LogP contribution >= 0.6 is 0 Å². The van der Waals surface area contributed by atoms with Gasteiger partial charge in [0.25, 0.3) is 0 Å². The Bertz CT molecular complexity index is 332. The minimum absolute atomic E-state index is 0.0759. The van der Waals surface area contributed by atoms with Gasteiger partial charge < -0.3 is 14.6 Å². The molecular formula is C23H42O3. The van der Waals surface area contributed by atoms with Gasteiger partial charge in [0.15, 0.2) is 6.29 Å². The molecule has 0 bridgehead atoms. The molecule has 1 N–H and O–H groups in total. The molecule has 1 heterocycles. The number of rotatable bonds is 17. The highest BCUT2D eigenvalue weighted by atomic mass is 16.7. The Morgan fingerprint density at radius 1 is 0.731 bits per heavy atom. The van der Waals surface area contributed by atoms with Crippen LogP contribution in [0.2, 0.25) is 0 Å². The van der Waals surface area contributed by atoms with E-state index >= 15 is 0 Å². The molecule has 0 aromatic rings. The molecule has 1 saturated heterocycles. The van der Waals surface area contributed by atoms with Gasteiger partial charge in [0.05, 0.1) is 0 Å². The number of ether oxygens (including phenoxy) is 2. The fraction of sp³-hybridized carbons (Fsp3) is 0.826. The third kappa shape index (κ3) is 15.6. The molecule has 0 aromatic heterocycles. The predicted octanol–water partition coefficient (Wildman–Crippen LogP) is 6.32. The van der Waals surface area contributed by atoms with Crippen molar-refractivity contribution in [2.24, 2.45) is 0 Å². The molecule has 0 amide bonds. The van der Waals surface area contributed by atoms with Gasteiger partial charge in [0.2, 0.25) is 0 Å². The van der Waals surface area contributed by atoms with E-state index in [1.807, 2.05) is 0 Å². The van der Waals surface area contributed by atoms with E-state index in [0.29, 0.717) is 6.61 Å². The van der Waals surface area contributed by atoms with Gasteiger partial charge in [0, 0.05) is 19.8 Å². The summed E-state index contributed by atoms with van der Waals surface area (Å²) in [6.07, 6.45) is 27.2. The Morgan fingerprint density at radius 3 is 1.96 bits per heavy atom. The molecule has 0 aromatic carbocycles. The van der Waals surface area contributed by atoms with Crippen LogP contribution in [0, 0.1) is 0 Å². The summed E-state index contributed by atoms with van der Waals surface area (Å²) >= 11 is 0. The summed E-state index contributed by atoms with van der Waals surface area (Å²) in [4.78, 5) is 0. The molecular weight excluding hydrogens is 324 g/mol. The minimum Gasteiger partial charge on any atom is -0.396 e. The van der Waals surface area contributed by atoms with E-state index < -0.39 is 0 Å². The molecule has 0 radical (unpaired) electrons. The largest absolute Gasteiger partial charge is 0.396 e. The number of hydrogen-bond donors (Lipinski definition) is 1. The van der Waals surface area contributed by atoms with Crippen molar-refractivity contribution in [3.8, 4) is 0 Å². The first kappa shape index (κ1) is 23.4. The third-order valence-corrected chi connectivity index (χ3v) is 4.82. The van der Waals surface area contributed by atoms with Crippen molar-refractivity contribution in [3.05, 3.63) is 24.3 Å². The maximum Gasteiger partial charge on any atom is 0.157 e. The molecule has 1 fully saturated rings. The van der Waals surface area contributed by atoms with E-state index in [4.69, 9.17) is 14.6 Å². The Morgan fingerprint density at radius 2 is 1.35 bits per heavy atom. The Hall–Kier alpha value is -0.640. The summed E-state index contributed by atoms with van der Waals surface area (Å²) in [6, 6.07) is 0. The van der Waals surface area contributed by atoms with Gasteiger partial charge in [-0.25, -0.2) is 0 Å². The summed E-state index contributed by atoms with van der Waals surface area (Å²) in [6.45, 7) is 2.07. The normalized spacial score (nSPS) is 18.3. The average molecular weight is 367 g/mol. The second kappa shape index (κ2) is 19.1. The summed E-state index contributed by atoms with van der Waals surface area (Å²) in [5.41, 5.74) is 0. The van der Waals surface area contributed by atoms with Gasteiger partial charge in [-0.05, 0) is 70.6 Å². The van der Waals surface area contributed by atoms with Crippen LogP contribution in [0.3, 0.4) is 0 Å². The summed E-state index contributed by atoms with van der Waals surface area (Å²) in [7, 11) is 0. The van der Waals surface area contributed by atoms with Crippen LogP contribution in [0.15, 0.2) is 24.3 Å². The monoisotopic (exact) mass is 366 g/mol. The lowest BCUT2D eigenvalue weighted by Crippen LogP contribution is -2.22. The smallest absolute Gasteiger partial charge is 0.157 e. The molecule has 1 aliphatic heterocycles. The van der Waals surface area contributed by atoms with Gasteiger partial charge >= 0.3 is 0 Å². The van der Waals surface area contributed by atoms with Crippen molar-refractivity contribution < 1.29 is 14.6 Å². The maximum atomic E-state index is 8.71. The Balaban J connectivity index is 1.75. The minimum atomic E-state index is 0.0759. The maximum absolute atomic E-state index is 8.71. The van der Waals surface area contributed by atoms with E-state index in [0.717, 1.165) is 51.7 Å². The van der Waals surface area contributed by atoms with E-state index in [-0.39, 0.29) is 6.29 Å².